The normalized spacial score (nSPS) is 17.9. The molecular formula is C49H50N6O7S. The zero-order valence-electron chi connectivity index (χ0n) is 34.9. The number of pyridine rings is 1. The second kappa shape index (κ2) is 16.8. The molecule has 0 unspecified atom stereocenters. The number of nitro groups is 1. The second-order valence-electron chi connectivity index (χ2n) is 17.7. The minimum absolute atomic E-state index is 0.0158. The Balaban J connectivity index is 0.856. The number of carbonyl (C=O) groups is 1. The third kappa shape index (κ3) is 8.49. The lowest BCUT2D eigenvalue weighted by molar-refractivity contribution is -0.384. The number of H-pyrrole nitrogens is 1. The number of sulfonamides is 1. The van der Waals surface area contributed by atoms with E-state index in [2.05, 4.69) is 73.4 Å². The van der Waals surface area contributed by atoms with Crippen LogP contribution in [0.5, 0.6) is 11.5 Å². The zero-order valence-corrected chi connectivity index (χ0v) is 35.7. The summed E-state index contributed by atoms with van der Waals surface area (Å²) in [4.78, 5) is 34.8. The van der Waals surface area contributed by atoms with E-state index in [9.17, 15) is 23.3 Å². The molecule has 2 aromatic heterocycles. The summed E-state index contributed by atoms with van der Waals surface area (Å²) in [6.07, 6.45) is 11.9. The van der Waals surface area contributed by atoms with Crippen molar-refractivity contribution >= 4 is 44.0 Å². The van der Waals surface area contributed by atoms with Crippen LogP contribution in [0.2, 0.25) is 0 Å². The monoisotopic (exact) mass is 866 g/mol. The van der Waals surface area contributed by atoms with E-state index < -0.39 is 31.4 Å². The Morgan fingerprint density at radius 3 is 2.32 bits per heavy atom. The molecule has 4 fully saturated rings. The molecule has 2 saturated heterocycles. The Bertz CT molecular complexity index is 2800. The van der Waals surface area contributed by atoms with Gasteiger partial charge >= 0.3 is 0 Å². The van der Waals surface area contributed by atoms with E-state index in [1.54, 1.807) is 30.6 Å². The zero-order chi connectivity index (χ0) is 43.1. The Morgan fingerprint density at radius 1 is 0.889 bits per heavy atom. The fourth-order valence-corrected chi connectivity index (χ4v) is 10.9. The highest BCUT2D eigenvalue weighted by Gasteiger charge is 2.47. The average molecular weight is 867 g/mol. The first-order chi connectivity index (χ1) is 30.6. The number of benzene rings is 4. The summed E-state index contributed by atoms with van der Waals surface area (Å²) >= 11 is 0. The number of amides is 1. The third-order valence-corrected chi connectivity index (χ3v) is 15.0. The number of ether oxygens (including phenoxy) is 2. The Morgan fingerprint density at radius 2 is 1.60 bits per heavy atom. The highest BCUT2D eigenvalue weighted by molar-refractivity contribution is 7.90. The summed E-state index contributed by atoms with van der Waals surface area (Å²) in [5, 5.41) is 16.0. The molecule has 0 atom stereocenters. The Kier molecular flexibility index (Phi) is 10.9. The topological polar surface area (TPSA) is 169 Å². The van der Waals surface area contributed by atoms with Crippen molar-refractivity contribution in [3.8, 4) is 22.6 Å². The number of nitrogens with one attached hydrogen (secondary N) is 3. The molecule has 4 aromatic carbocycles. The largest absolute Gasteiger partial charge is 0.455 e. The molecule has 1 spiro atoms. The molecule has 2 saturated carbocycles. The first-order valence-corrected chi connectivity index (χ1v) is 23.5. The van der Waals surface area contributed by atoms with Crippen LogP contribution in [0.1, 0.15) is 84.7 Å². The van der Waals surface area contributed by atoms with Crippen LogP contribution in [0, 0.1) is 21.4 Å². The van der Waals surface area contributed by atoms with Crippen LogP contribution in [0.25, 0.3) is 22.2 Å². The number of rotatable bonds is 13. The Labute approximate surface area is 366 Å². The molecule has 4 heterocycles. The van der Waals surface area contributed by atoms with Crippen LogP contribution in [0.15, 0.2) is 114 Å². The van der Waals surface area contributed by atoms with Crippen molar-refractivity contribution in [1.29, 1.82) is 0 Å². The average Bonchev–Trinajstić information content (AvgIpc) is 4.04. The van der Waals surface area contributed by atoms with Crippen molar-refractivity contribution in [3.05, 3.63) is 136 Å². The number of piperidine rings is 1. The van der Waals surface area contributed by atoms with Crippen LogP contribution in [0.3, 0.4) is 0 Å². The lowest BCUT2D eigenvalue weighted by atomic mass is 9.55. The van der Waals surface area contributed by atoms with Gasteiger partial charge in [-0.05, 0) is 133 Å². The molecule has 3 N–H and O–H groups in total. The van der Waals surface area contributed by atoms with E-state index in [0.29, 0.717) is 43.0 Å². The van der Waals surface area contributed by atoms with Crippen molar-refractivity contribution in [1.82, 2.24) is 14.7 Å². The van der Waals surface area contributed by atoms with Gasteiger partial charge in [-0.3, -0.25) is 14.9 Å². The quantitative estimate of drug-likeness (QED) is 0.0751. The van der Waals surface area contributed by atoms with Crippen LogP contribution in [0.4, 0.5) is 17.1 Å². The van der Waals surface area contributed by atoms with Crippen molar-refractivity contribution in [3.63, 3.8) is 0 Å². The number of aromatic amines is 1. The molecule has 10 rings (SSSR count). The van der Waals surface area contributed by atoms with Gasteiger partial charge in [-0.2, -0.15) is 0 Å². The molecule has 1 amide bonds. The lowest BCUT2D eigenvalue weighted by Crippen LogP contribution is -2.46. The maximum Gasteiger partial charge on any atom is 0.293 e. The number of nitrogens with zero attached hydrogens (tertiary/aromatic N) is 3. The number of fused-ring (bicyclic) bond motifs is 1. The summed E-state index contributed by atoms with van der Waals surface area (Å²) in [6.45, 7) is 3.40. The van der Waals surface area contributed by atoms with Gasteiger partial charge in [-0.25, -0.2) is 18.1 Å². The minimum Gasteiger partial charge on any atom is -0.455 e. The van der Waals surface area contributed by atoms with Crippen molar-refractivity contribution in [2.24, 2.45) is 11.3 Å². The molecule has 63 heavy (non-hydrogen) atoms. The van der Waals surface area contributed by atoms with Gasteiger partial charge in [0, 0.05) is 62.3 Å². The van der Waals surface area contributed by atoms with E-state index >= 15 is 0 Å². The summed E-state index contributed by atoms with van der Waals surface area (Å²) < 4.78 is 41.3. The van der Waals surface area contributed by atoms with Gasteiger partial charge in [-0.1, -0.05) is 48.5 Å². The number of hydrogen-bond donors (Lipinski definition) is 3. The van der Waals surface area contributed by atoms with E-state index in [0.717, 1.165) is 68.8 Å². The number of nitro benzene ring substituents is 1. The molecule has 2 aliphatic carbocycles. The van der Waals surface area contributed by atoms with Gasteiger partial charge < -0.3 is 24.7 Å². The highest BCUT2D eigenvalue weighted by Crippen LogP contribution is 2.58. The fourth-order valence-electron chi connectivity index (χ4n) is 9.95. The van der Waals surface area contributed by atoms with Crippen LogP contribution in [-0.2, 0) is 14.8 Å². The number of anilines is 2. The molecule has 0 radical (unpaired) electrons. The SMILES string of the molecule is O=C(NS(=O)(=O)c1ccc(NCC2CCOCC2)c([N+](=O)[O-])c1)c1ccc(N2CCC3(CC2)CC(c2ccccc2-c2ccccc2C2CC2)C3)cc1Oc1cnc2[nH]ccc2c1. The lowest BCUT2D eigenvalue weighted by Gasteiger charge is -2.53. The van der Waals surface area contributed by atoms with Gasteiger partial charge in [0.15, 0.2) is 0 Å². The smallest absolute Gasteiger partial charge is 0.293 e. The molecule has 4 aliphatic rings. The predicted molar refractivity (Wildman–Crippen MR) is 242 cm³/mol. The minimum atomic E-state index is -4.54. The molecular weight excluding hydrogens is 817 g/mol. The number of carbonyl (C=O) groups excluding carboxylic acids is 1. The van der Waals surface area contributed by atoms with Gasteiger partial charge in [0.25, 0.3) is 21.6 Å². The second-order valence-corrected chi connectivity index (χ2v) is 19.4. The predicted octanol–water partition coefficient (Wildman–Crippen LogP) is 9.93. The summed E-state index contributed by atoms with van der Waals surface area (Å²) in [5.74, 6) is 1.06. The van der Waals surface area contributed by atoms with Gasteiger partial charge in [0.1, 0.15) is 22.8 Å². The molecule has 2 aliphatic heterocycles. The van der Waals surface area contributed by atoms with Crippen LogP contribution < -0.4 is 19.7 Å². The van der Waals surface area contributed by atoms with E-state index in [1.807, 2.05) is 12.1 Å². The molecule has 324 valence electrons. The van der Waals surface area contributed by atoms with Crippen LogP contribution >= 0.6 is 0 Å². The maximum atomic E-state index is 14.0. The molecule has 6 aromatic rings. The number of hydrogen-bond acceptors (Lipinski definition) is 10. The first-order valence-electron chi connectivity index (χ1n) is 22.0. The Hall–Kier alpha value is -6.25. The molecule has 0 bridgehead atoms. The molecule has 13 nitrogen and oxygen atoms in total. The van der Waals surface area contributed by atoms with Gasteiger partial charge in [0.05, 0.1) is 21.6 Å². The highest BCUT2D eigenvalue weighted by atomic mass is 32.2. The van der Waals surface area contributed by atoms with Crippen molar-refractivity contribution < 1.29 is 27.6 Å². The van der Waals surface area contributed by atoms with E-state index in [1.165, 1.54) is 47.2 Å². The molecule has 14 heteroatoms. The van der Waals surface area contributed by atoms with Crippen LogP contribution in [-0.4, -0.2) is 62.1 Å². The fraction of sp³-hybridized carbons (Fsp3) is 0.347. The van der Waals surface area contributed by atoms with E-state index in [4.69, 9.17) is 9.47 Å². The van der Waals surface area contributed by atoms with Crippen molar-refractivity contribution in [2.45, 2.75) is 68.1 Å². The van der Waals surface area contributed by atoms with Gasteiger partial charge in [0.2, 0.25) is 0 Å². The maximum absolute atomic E-state index is 14.0. The van der Waals surface area contributed by atoms with E-state index in [-0.39, 0.29) is 28.3 Å². The first kappa shape index (κ1) is 40.8. The third-order valence-electron chi connectivity index (χ3n) is 13.7. The summed E-state index contributed by atoms with van der Waals surface area (Å²) in [7, 11) is -4.54. The summed E-state index contributed by atoms with van der Waals surface area (Å²) in [5.41, 5.74) is 7.27. The van der Waals surface area contributed by atoms with Crippen molar-refractivity contribution in [2.75, 3.05) is 43.1 Å². The number of aromatic nitrogens is 2. The summed E-state index contributed by atoms with van der Waals surface area (Å²) in [6, 6.07) is 30.3. The van der Waals surface area contributed by atoms with Gasteiger partial charge in [-0.15, -0.1) is 0 Å². The standard InChI is InChI=1S/C49H50N6O7S/c56-48(53-63(59,60)38-12-14-44(45(27-38)55(57)58)51-30-32-16-23-61-24-17-32)43-13-11-36(26-46(43)62-37-25-34-15-20-50-47(34)52-31-37)54-21-18-49(19-22-54)28-35(29-49)40-6-2-4-8-42(40)41-7-3-1-5-39(41)33-9-10-33/h1-8,11-15,20,25-27,31-33,35,51H,9-10,16-19,21-24,28-30H2,(H,50,52)(H,53,56).